The molecule has 1 amide bonds. The van der Waals surface area contributed by atoms with Gasteiger partial charge < -0.3 is 10.3 Å². The SMILES string of the molecule is O=C(Nc1cncc(-c2cc3c(-c4nc5c(-c6ccsc6)nccc5[nH]4)n[nH]c3cc2F)c1)c1ccccc1. The summed E-state index contributed by atoms with van der Waals surface area (Å²) in [5, 5.41) is 14.9. The molecular formula is C29H18FN7OS. The van der Waals surface area contributed by atoms with Crippen molar-refractivity contribution in [2.45, 2.75) is 0 Å². The van der Waals surface area contributed by atoms with Gasteiger partial charge in [0.05, 0.1) is 28.6 Å². The van der Waals surface area contributed by atoms with Crippen molar-refractivity contribution in [3.63, 3.8) is 0 Å². The van der Waals surface area contributed by atoms with Crippen molar-refractivity contribution in [1.29, 1.82) is 0 Å². The smallest absolute Gasteiger partial charge is 0.255 e. The number of benzene rings is 2. The number of halogens is 1. The minimum atomic E-state index is -0.445. The first kappa shape index (κ1) is 22.9. The summed E-state index contributed by atoms with van der Waals surface area (Å²) in [4.78, 5) is 29.5. The number of hydrogen-bond donors (Lipinski definition) is 3. The Balaban J connectivity index is 1.28. The molecule has 7 aromatic rings. The van der Waals surface area contributed by atoms with Crippen LogP contribution in [-0.2, 0) is 0 Å². The van der Waals surface area contributed by atoms with Crippen LogP contribution in [0.25, 0.3) is 55.8 Å². The van der Waals surface area contributed by atoms with Crippen molar-refractivity contribution in [2.75, 3.05) is 5.32 Å². The Bertz CT molecular complexity index is 1980. The number of rotatable bonds is 5. The first-order valence-corrected chi connectivity index (χ1v) is 13.0. The highest BCUT2D eigenvalue weighted by Gasteiger charge is 2.18. The molecule has 188 valence electrons. The van der Waals surface area contributed by atoms with Gasteiger partial charge in [-0.25, -0.2) is 9.37 Å². The van der Waals surface area contributed by atoms with E-state index in [0.29, 0.717) is 44.8 Å². The molecule has 0 saturated carbocycles. The molecule has 2 aromatic carbocycles. The van der Waals surface area contributed by atoms with E-state index in [4.69, 9.17) is 4.98 Å². The Morgan fingerprint density at radius 3 is 2.69 bits per heavy atom. The zero-order valence-corrected chi connectivity index (χ0v) is 21.0. The Morgan fingerprint density at radius 1 is 0.949 bits per heavy atom. The lowest BCUT2D eigenvalue weighted by Crippen LogP contribution is -2.11. The molecule has 0 saturated heterocycles. The van der Waals surface area contributed by atoms with Gasteiger partial charge in [-0.3, -0.25) is 19.9 Å². The number of pyridine rings is 2. The molecule has 0 bridgehead atoms. The number of imidazole rings is 1. The highest BCUT2D eigenvalue weighted by Crippen LogP contribution is 2.34. The average molecular weight is 532 g/mol. The summed E-state index contributed by atoms with van der Waals surface area (Å²) in [6.07, 6.45) is 4.82. The van der Waals surface area contributed by atoms with Gasteiger partial charge in [-0.05, 0) is 41.8 Å². The minimum absolute atomic E-state index is 0.274. The molecule has 39 heavy (non-hydrogen) atoms. The molecule has 0 aliphatic rings. The Labute approximate surface area is 224 Å². The van der Waals surface area contributed by atoms with Gasteiger partial charge >= 0.3 is 0 Å². The lowest BCUT2D eigenvalue weighted by atomic mass is 10.0. The molecule has 0 radical (unpaired) electrons. The van der Waals surface area contributed by atoms with E-state index in [0.717, 1.165) is 22.3 Å². The molecule has 0 unspecified atom stereocenters. The number of hydrogen-bond acceptors (Lipinski definition) is 6. The van der Waals surface area contributed by atoms with E-state index in [1.807, 2.05) is 29.0 Å². The number of nitrogens with one attached hydrogen (secondary N) is 3. The van der Waals surface area contributed by atoms with E-state index in [1.165, 1.54) is 12.3 Å². The first-order chi connectivity index (χ1) is 19.1. The summed E-state index contributed by atoms with van der Waals surface area (Å²) in [6.45, 7) is 0. The largest absolute Gasteiger partial charge is 0.336 e. The number of thiophene rings is 1. The van der Waals surface area contributed by atoms with Gasteiger partial charge in [-0.1, -0.05) is 18.2 Å². The van der Waals surface area contributed by atoms with E-state index < -0.39 is 5.82 Å². The number of anilines is 1. The quantitative estimate of drug-likeness (QED) is 0.229. The zero-order valence-electron chi connectivity index (χ0n) is 20.1. The maximum absolute atomic E-state index is 15.3. The van der Waals surface area contributed by atoms with Crippen LogP contribution in [0.1, 0.15) is 10.4 Å². The third-order valence-electron chi connectivity index (χ3n) is 6.41. The van der Waals surface area contributed by atoms with E-state index in [1.54, 1.807) is 60.1 Å². The maximum Gasteiger partial charge on any atom is 0.255 e. The molecule has 0 fully saturated rings. The molecule has 0 spiro atoms. The fraction of sp³-hybridized carbons (Fsp3) is 0. The van der Waals surface area contributed by atoms with Crippen molar-refractivity contribution in [2.24, 2.45) is 0 Å². The van der Waals surface area contributed by atoms with E-state index in [9.17, 15) is 4.79 Å². The van der Waals surface area contributed by atoms with Crippen LogP contribution in [0.4, 0.5) is 10.1 Å². The van der Waals surface area contributed by atoms with Crippen LogP contribution >= 0.6 is 11.3 Å². The number of nitrogens with zero attached hydrogens (tertiary/aromatic N) is 4. The number of carbonyl (C=O) groups is 1. The topological polar surface area (TPSA) is 112 Å². The summed E-state index contributed by atoms with van der Waals surface area (Å²) in [5.41, 5.74) is 6.23. The minimum Gasteiger partial charge on any atom is -0.336 e. The van der Waals surface area contributed by atoms with Gasteiger partial charge in [-0.15, -0.1) is 0 Å². The van der Waals surface area contributed by atoms with Gasteiger partial charge in [0.1, 0.15) is 17.0 Å². The van der Waals surface area contributed by atoms with Crippen molar-refractivity contribution in [3.05, 3.63) is 101 Å². The fourth-order valence-corrected chi connectivity index (χ4v) is 5.19. The van der Waals surface area contributed by atoms with Gasteiger partial charge in [0.15, 0.2) is 5.82 Å². The lowest BCUT2D eigenvalue weighted by molar-refractivity contribution is 0.102. The molecule has 8 nitrogen and oxygen atoms in total. The first-order valence-electron chi connectivity index (χ1n) is 12.0. The van der Waals surface area contributed by atoms with Crippen molar-refractivity contribution in [3.8, 4) is 33.9 Å². The second-order valence-electron chi connectivity index (χ2n) is 8.89. The maximum atomic E-state index is 15.3. The molecule has 3 N–H and O–H groups in total. The average Bonchev–Trinajstić information content (AvgIpc) is 3.72. The fourth-order valence-electron chi connectivity index (χ4n) is 4.55. The molecule has 5 heterocycles. The van der Waals surface area contributed by atoms with Crippen LogP contribution in [0, 0.1) is 5.82 Å². The van der Waals surface area contributed by atoms with E-state index in [2.05, 4.69) is 30.5 Å². The van der Waals surface area contributed by atoms with Crippen LogP contribution < -0.4 is 5.32 Å². The predicted molar refractivity (Wildman–Crippen MR) is 150 cm³/mol. The summed E-state index contributed by atoms with van der Waals surface area (Å²) in [7, 11) is 0. The van der Waals surface area contributed by atoms with Crippen LogP contribution in [0.15, 0.2) is 90.0 Å². The summed E-state index contributed by atoms with van der Waals surface area (Å²) in [6, 6.07) is 17.5. The standard InChI is InChI=1S/C29H18FN7OS/c30-22-12-24-21(11-20(22)18-10-19(14-31-13-18)33-29(38)16-4-2-1-3-5-16)26(37-36-24)28-34-23-6-8-32-25(27(23)35-28)17-7-9-39-15-17/h1-15H,(H,33,38)(H,34,35)(H,36,37). The lowest BCUT2D eigenvalue weighted by Gasteiger charge is -2.08. The molecule has 5 aromatic heterocycles. The van der Waals surface area contributed by atoms with Crippen molar-refractivity contribution in [1.82, 2.24) is 30.1 Å². The third kappa shape index (κ3) is 4.12. The number of amides is 1. The molecule has 0 aliphatic carbocycles. The second-order valence-corrected chi connectivity index (χ2v) is 9.67. The van der Waals surface area contributed by atoms with Crippen molar-refractivity contribution >= 4 is 44.9 Å². The monoisotopic (exact) mass is 531 g/mol. The van der Waals surface area contributed by atoms with Crippen LogP contribution in [0.2, 0.25) is 0 Å². The molecule has 0 aliphatic heterocycles. The van der Waals surface area contributed by atoms with Crippen molar-refractivity contribution < 1.29 is 9.18 Å². The number of aromatic amines is 2. The summed E-state index contributed by atoms with van der Waals surface area (Å²) in [5.74, 6) is -0.177. The van der Waals surface area contributed by atoms with Crippen LogP contribution in [-0.4, -0.2) is 36.0 Å². The van der Waals surface area contributed by atoms with Gasteiger partial charge in [0, 0.05) is 51.5 Å². The summed E-state index contributed by atoms with van der Waals surface area (Å²) >= 11 is 1.59. The highest BCUT2D eigenvalue weighted by atomic mass is 32.1. The van der Waals surface area contributed by atoms with E-state index in [-0.39, 0.29) is 5.91 Å². The number of carbonyl (C=O) groups excluding carboxylic acids is 1. The van der Waals surface area contributed by atoms with Crippen LogP contribution in [0.3, 0.4) is 0 Å². The normalized spacial score (nSPS) is 11.3. The van der Waals surface area contributed by atoms with Gasteiger partial charge in [-0.2, -0.15) is 16.4 Å². The summed E-state index contributed by atoms with van der Waals surface area (Å²) < 4.78 is 15.3. The predicted octanol–water partition coefficient (Wildman–Crippen LogP) is 6.68. The third-order valence-corrected chi connectivity index (χ3v) is 7.10. The Kier molecular flexibility index (Phi) is 5.45. The molecule has 10 heteroatoms. The highest BCUT2D eigenvalue weighted by molar-refractivity contribution is 7.08. The van der Waals surface area contributed by atoms with Gasteiger partial charge in [0.2, 0.25) is 0 Å². The van der Waals surface area contributed by atoms with E-state index >= 15 is 4.39 Å². The number of aromatic nitrogens is 6. The number of H-pyrrole nitrogens is 2. The molecular weight excluding hydrogens is 513 g/mol. The molecule has 7 rings (SSSR count). The van der Waals surface area contributed by atoms with Gasteiger partial charge in [0.25, 0.3) is 5.91 Å². The zero-order chi connectivity index (χ0) is 26.3. The number of fused-ring (bicyclic) bond motifs is 2. The Hall–Kier alpha value is -5.22. The Morgan fingerprint density at radius 2 is 1.85 bits per heavy atom. The second kappa shape index (κ2) is 9.26. The molecule has 0 atom stereocenters. The van der Waals surface area contributed by atoms with Crippen LogP contribution in [0.5, 0.6) is 0 Å².